The fraction of sp³-hybridized carbons (Fsp3) is 0.393. The van der Waals surface area contributed by atoms with Crippen LogP contribution >= 0.6 is 0 Å². The Morgan fingerprint density at radius 3 is 2.82 bits per heavy atom. The average Bonchev–Trinajstić information content (AvgIpc) is 3.30. The van der Waals surface area contributed by atoms with E-state index in [1.807, 2.05) is 6.07 Å². The molecule has 0 unspecified atom stereocenters. The van der Waals surface area contributed by atoms with E-state index in [1.165, 1.54) is 17.0 Å². The molecule has 11 heteroatoms. The minimum Gasteiger partial charge on any atom is -0.492 e. The van der Waals surface area contributed by atoms with Crippen LogP contribution in [0.15, 0.2) is 54.9 Å². The molecule has 2 fully saturated rings. The van der Waals surface area contributed by atoms with E-state index in [0.29, 0.717) is 35.6 Å². The number of nitrogens with zero attached hydrogens (tertiary/aromatic N) is 4. The minimum atomic E-state index is -0.913. The number of rotatable bonds is 7. The van der Waals surface area contributed by atoms with Gasteiger partial charge in [-0.1, -0.05) is 12.1 Å². The van der Waals surface area contributed by atoms with Crippen LogP contribution in [0.1, 0.15) is 11.1 Å². The summed E-state index contributed by atoms with van der Waals surface area (Å²) in [5.41, 5.74) is 2.45. The normalized spacial score (nSPS) is 19.9. The van der Waals surface area contributed by atoms with Crippen LogP contribution < -0.4 is 19.7 Å². The standard InChI is InChI=1S/C28H30FN5O5/c1-32-24-11-22(38-8-7-33-15-28(16-33)17-37-18-28)5-6-25(24)39-14-23(26(32)35)31-27(36)34-13-20(12-30-34)9-19-3-2-4-21(29)10-19/h2-6,10-13,23H,7-9,14-18H2,1H3,(H,31,36)/t23-/m0/s1. The van der Waals surface area contributed by atoms with Crippen molar-refractivity contribution in [1.29, 1.82) is 0 Å². The quantitative estimate of drug-likeness (QED) is 0.496. The van der Waals surface area contributed by atoms with Gasteiger partial charge in [0.1, 0.15) is 36.6 Å². The van der Waals surface area contributed by atoms with E-state index >= 15 is 0 Å². The van der Waals surface area contributed by atoms with Crippen molar-refractivity contribution >= 4 is 17.6 Å². The van der Waals surface area contributed by atoms with Crippen LogP contribution in [0.25, 0.3) is 0 Å². The van der Waals surface area contributed by atoms with E-state index in [2.05, 4.69) is 15.3 Å². The fourth-order valence-corrected chi connectivity index (χ4v) is 5.26. The summed E-state index contributed by atoms with van der Waals surface area (Å²) in [6.07, 6.45) is 3.53. The minimum absolute atomic E-state index is 0.0278. The molecule has 2 saturated heterocycles. The number of likely N-dealkylation sites (tertiary alicyclic amines) is 1. The molecule has 0 aliphatic carbocycles. The van der Waals surface area contributed by atoms with Crippen LogP contribution in [0.4, 0.5) is 14.9 Å². The molecule has 204 valence electrons. The number of benzene rings is 2. The van der Waals surface area contributed by atoms with Crippen LogP contribution in [0, 0.1) is 11.2 Å². The number of amides is 2. The average molecular weight is 536 g/mol. The van der Waals surface area contributed by atoms with E-state index in [-0.39, 0.29) is 18.3 Å². The summed E-state index contributed by atoms with van der Waals surface area (Å²) in [7, 11) is 1.64. The number of hydrogen-bond acceptors (Lipinski definition) is 7. The third kappa shape index (κ3) is 5.32. The second-order valence-electron chi connectivity index (χ2n) is 10.5. The summed E-state index contributed by atoms with van der Waals surface area (Å²) in [4.78, 5) is 29.9. The lowest BCUT2D eigenvalue weighted by Crippen LogP contribution is -2.66. The van der Waals surface area contributed by atoms with Gasteiger partial charge in [-0.3, -0.25) is 9.69 Å². The number of anilines is 1. The van der Waals surface area contributed by atoms with Gasteiger partial charge in [0.15, 0.2) is 0 Å². The third-order valence-corrected chi connectivity index (χ3v) is 7.38. The zero-order valence-corrected chi connectivity index (χ0v) is 21.6. The molecular weight excluding hydrogens is 505 g/mol. The Hall–Kier alpha value is -3.96. The van der Waals surface area contributed by atoms with Crippen LogP contribution in [0.3, 0.4) is 0 Å². The van der Waals surface area contributed by atoms with Gasteiger partial charge in [-0.05, 0) is 35.4 Å². The number of likely N-dealkylation sites (N-methyl/N-ethyl adjacent to an activating group) is 1. The number of nitrogens with one attached hydrogen (secondary N) is 1. The molecular formula is C28H30FN5O5. The lowest BCUT2D eigenvalue weighted by atomic mass is 9.78. The Morgan fingerprint density at radius 2 is 2.05 bits per heavy atom. The molecule has 2 amide bonds. The Morgan fingerprint density at radius 1 is 1.21 bits per heavy atom. The largest absolute Gasteiger partial charge is 0.492 e. The Bertz CT molecular complexity index is 1380. The van der Waals surface area contributed by atoms with Crippen molar-refractivity contribution in [2.24, 2.45) is 5.41 Å². The summed E-state index contributed by atoms with van der Waals surface area (Å²) in [5, 5.41) is 6.81. The summed E-state index contributed by atoms with van der Waals surface area (Å²) < 4.78 is 31.8. The smallest absolute Gasteiger partial charge is 0.342 e. The monoisotopic (exact) mass is 535 g/mol. The van der Waals surface area contributed by atoms with E-state index < -0.39 is 12.1 Å². The van der Waals surface area contributed by atoms with E-state index in [0.717, 1.165) is 48.7 Å². The molecule has 3 aliphatic heterocycles. The van der Waals surface area contributed by atoms with Crippen LogP contribution in [-0.2, 0) is 16.0 Å². The van der Waals surface area contributed by atoms with E-state index in [1.54, 1.807) is 43.7 Å². The Balaban J connectivity index is 1.04. The fourth-order valence-electron chi connectivity index (χ4n) is 5.26. The first-order valence-corrected chi connectivity index (χ1v) is 12.9. The maximum atomic E-state index is 13.5. The molecule has 1 atom stereocenters. The molecule has 0 saturated carbocycles. The van der Waals surface area contributed by atoms with Crippen molar-refractivity contribution in [2.75, 3.05) is 58.0 Å². The highest BCUT2D eigenvalue weighted by Crippen LogP contribution is 2.37. The predicted molar refractivity (Wildman–Crippen MR) is 140 cm³/mol. The zero-order chi connectivity index (χ0) is 27.0. The van der Waals surface area contributed by atoms with Crippen molar-refractivity contribution in [2.45, 2.75) is 12.5 Å². The number of fused-ring (bicyclic) bond motifs is 1. The second-order valence-corrected chi connectivity index (χ2v) is 10.5. The highest BCUT2D eigenvalue weighted by Gasteiger charge is 2.48. The maximum absolute atomic E-state index is 13.5. The van der Waals surface area contributed by atoms with Crippen LogP contribution in [0.2, 0.25) is 0 Å². The van der Waals surface area contributed by atoms with Gasteiger partial charge in [0, 0.05) is 50.8 Å². The molecule has 2 aromatic carbocycles. The SMILES string of the molecule is CN1C(=O)[C@@H](NC(=O)n2cc(Cc3cccc(F)c3)cn2)COc2ccc(OCCN3CC4(COC4)C3)cc21. The Labute approximate surface area is 225 Å². The van der Waals surface area contributed by atoms with Crippen molar-refractivity contribution < 1.29 is 28.2 Å². The second kappa shape index (κ2) is 10.3. The van der Waals surface area contributed by atoms with Gasteiger partial charge in [0.05, 0.1) is 25.1 Å². The summed E-state index contributed by atoms with van der Waals surface area (Å²) in [6.45, 7) is 5.15. The van der Waals surface area contributed by atoms with Gasteiger partial charge in [0.25, 0.3) is 5.91 Å². The van der Waals surface area contributed by atoms with Gasteiger partial charge in [-0.25, -0.2) is 9.18 Å². The summed E-state index contributed by atoms with van der Waals surface area (Å²) >= 11 is 0. The molecule has 6 rings (SSSR count). The van der Waals surface area contributed by atoms with Crippen molar-refractivity contribution in [1.82, 2.24) is 20.0 Å². The molecule has 0 bridgehead atoms. The molecule has 1 aromatic heterocycles. The van der Waals surface area contributed by atoms with Crippen LogP contribution in [-0.4, -0.2) is 85.8 Å². The van der Waals surface area contributed by atoms with Gasteiger partial charge < -0.3 is 24.4 Å². The third-order valence-electron chi connectivity index (χ3n) is 7.38. The van der Waals surface area contributed by atoms with Gasteiger partial charge in [-0.2, -0.15) is 9.78 Å². The van der Waals surface area contributed by atoms with E-state index in [9.17, 15) is 14.0 Å². The number of carbonyl (C=O) groups excluding carboxylic acids is 2. The first-order chi connectivity index (χ1) is 18.9. The highest BCUT2D eigenvalue weighted by molar-refractivity contribution is 6.00. The molecule has 10 nitrogen and oxygen atoms in total. The molecule has 1 N–H and O–H groups in total. The summed E-state index contributed by atoms with van der Waals surface area (Å²) in [6, 6.07) is 10.1. The van der Waals surface area contributed by atoms with Crippen molar-refractivity contribution in [3.8, 4) is 11.5 Å². The number of aromatic nitrogens is 2. The van der Waals surface area contributed by atoms with Gasteiger partial charge in [0.2, 0.25) is 0 Å². The molecule has 39 heavy (non-hydrogen) atoms. The number of ether oxygens (including phenoxy) is 3. The number of halogens is 1. The predicted octanol–water partition coefficient (Wildman–Crippen LogP) is 2.31. The first kappa shape index (κ1) is 25.3. The molecule has 1 spiro atoms. The van der Waals surface area contributed by atoms with Crippen molar-refractivity contribution in [3.63, 3.8) is 0 Å². The van der Waals surface area contributed by atoms with Crippen molar-refractivity contribution in [3.05, 3.63) is 71.8 Å². The van der Waals surface area contributed by atoms with Gasteiger partial charge >= 0.3 is 6.03 Å². The lowest BCUT2D eigenvalue weighted by molar-refractivity contribution is -0.189. The van der Waals surface area contributed by atoms with Gasteiger partial charge in [-0.15, -0.1) is 0 Å². The highest BCUT2D eigenvalue weighted by atomic mass is 19.1. The number of hydrogen-bond donors (Lipinski definition) is 1. The van der Waals surface area contributed by atoms with Crippen LogP contribution in [0.5, 0.6) is 11.5 Å². The number of carbonyl (C=O) groups is 2. The zero-order valence-electron chi connectivity index (χ0n) is 21.6. The molecule has 4 heterocycles. The topological polar surface area (TPSA) is 98.2 Å². The van der Waals surface area contributed by atoms with E-state index in [4.69, 9.17) is 14.2 Å². The summed E-state index contributed by atoms with van der Waals surface area (Å²) in [5.74, 6) is 0.530. The molecule has 3 aromatic rings. The Kier molecular flexibility index (Phi) is 6.69. The molecule has 3 aliphatic rings. The maximum Gasteiger partial charge on any atom is 0.342 e. The first-order valence-electron chi connectivity index (χ1n) is 12.9. The lowest BCUT2D eigenvalue weighted by Gasteiger charge is -2.55. The molecule has 0 radical (unpaired) electrons.